The summed E-state index contributed by atoms with van der Waals surface area (Å²) in [4.78, 5) is 39.3. The molecule has 160 valence electrons. The molecule has 32 heavy (non-hydrogen) atoms. The second-order valence-electron chi connectivity index (χ2n) is 7.63. The fourth-order valence-corrected chi connectivity index (χ4v) is 4.00. The lowest BCUT2D eigenvalue weighted by Crippen LogP contribution is -2.54. The number of carbonyl (C=O) groups excluding carboxylic acids is 3. The Morgan fingerprint density at radius 3 is 2.81 bits per heavy atom. The molecule has 5 rings (SSSR count). The van der Waals surface area contributed by atoms with Crippen molar-refractivity contribution >= 4 is 28.9 Å². The van der Waals surface area contributed by atoms with Gasteiger partial charge in [0.15, 0.2) is 0 Å². The molecule has 0 spiro atoms. The first kappa shape index (κ1) is 19.6. The third kappa shape index (κ3) is 3.02. The molecule has 4 amide bonds. The molecule has 2 aromatic carbocycles. The molecule has 3 heterocycles. The Kier molecular flexibility index (Phi) is 4.34. The number of fused-ring (bicyclic) bond motifs is 2. The first-order valence-electron chi connectivity index (χ1n) is 9.81. The number of imide groups is 1. The highest BCUT2D eigenvalue weighted by molar-refractivity contribution is 6.10. The summed E-state index contributed by atoms with van der Waals surface area (Å²) in [6, 6.07) is 9.97. The normalized spacial score (nSPS) is 19.4. The Morgan fingerprint density at radius 2 is 2.06 bits per heavy atom. The molecule has 10 nitrogen and oxygen atoms in total. The van der Waals surface area contributed by atoms with Gasteiger partial charge in [-0.25, -0.2) is 9.48 Å². The number of nitrogens with zero attached hydrogens (tertiary/aromatic N) is 4. The summed E-state index contributed by atoms with van der Waals surface area (Å²) in [6.07, 6.45) is 0. The van der Waals surface area contributed by atoms with Gasteiger partial charge in [-0.15, -0.1) is 5.10 Å². The van der Waals surface area contributed by atoms with Gasteiger partial charge in [-0.1, -0.05) is 29.2 Å². The molecule has 0 aliphatic carbocycles. The van der Waals surface area contributed by atoms with Gasteiger partial charge >= 0.3 is 6.03 Å². The minimum absolute atomic E-state index is 0.104. The van der Waals surface area contributed by atoms with Crippen LogP contribution >= 0.6 is 0 Å². The van der Waals surface area contributed by atoms with E-state index in [0.717, 1.165) is 5.56 Å². The Morgan fingerprint density at radius 1 is 1.22 bits per heavy atom. The monoisotopic (exact) mass is 430 g/mol. The summed E-state index contributed by atoms with van der Waals surface area (Å²) >= 11 is 0. The van der Waals surface area contributed by atoms with E-state index < -0.39 is 17.5 Å². The van der Waals surface area contributed by atoms with Crippen molar-refractivity contribution in [3.63, 3.8) is 0 Å². The summed E-state index contributed by atoms with van der Waals surface area (Å²) in [7, 11) is 3.27. The summed E-state index contributed by atoms with van der Waals surface area (Å²) in [5.74, 6) is 5.61. The van der Waals surface area contributed by atoms with Crippen molar-refractivity contribution < 1.29 is 19.1 Å². The van der Waals surface area contributed by atoms with Crippen LogP contribution < -0.4 is 15.4 Å². The summed E-state index contributed by atoms with van der Waals surface area (Å²) < 4.78 is 6.80. The van der Waals surface area contributed by atoms with E-state index in [2.05, 4.69) is 32.8 Å². The van der Waals surface area contributed by atoms with E-state index in [1.807, 2.05) is 12.1 Å². The predicted molar refractivity (Wildman–Crippen MR) is 113 cm³/mol. The van der Waals surface area contributed by atoms with Gasteiger partial charge in [-0.2, -0.15) is 0 Å². The lowest BCUT2D eigenvalue weighted by atomic mass is 9.99. The largest absolute Gasteiger partial charge is 0.497 e. The second kappa shape index (κ2) is 7.09. The Labute approximate surface area is 182 Å². The van der Waals surface area contributed by atoms with Crippen LogP contribution in [0.1, 0.15) is 21.5 Å². The van der Waals surface area contributed by atoms with Gasteiger partial charge in [0.05, 0.1) is 19.2 Å². The maximum atomic E-state index is 13.0. The molecule has 1 atom stereocenters. The average Bonchev–Trinajstić information content (AvgIpc) is 3.40. The highest BCUT2D eigenvalue weighted by Gasteiger charge is 2.48. The SMILES string of the molecule is COc1ccc2c(c1)C(=O)N(C[C@@]1(C#Cc3cccc4nnn(C)c34)NC(=O)NC1=O)C2. The number of para-hydroxylation sites is 1. The molecular formula is C22H18N6O4. The third-order valence-corrected chi connectivity index (χ3v) is 5.60. The zero-order valence-electron chi connectivity index (χ0n) is 17.3. The van der Waals surface area contributed by atoms with Crippen LogP contribution in [-0.4, -0.2) is 56.9 Å². The molecule has 3 aromatic rings. The third-order valence-electron chi connectivity index (χ3n) is 5.60. The van der Waals surface area contributed by atoms with Gasteiger partial charge in [0.25, 0.3) is 11.8 Å². The number of urea groups is 1. The van der Waals surface area contributed by atoms with E-state index in [1.54, 1.807) is 36.0 Å². The quantitative estimate of drug-likeness (QED) is 0.463. The number of nitrogens with one attached hydrogen (secondary N) is 2. The number of ether oxygens (including phenoxy) is 1. The van der Waals surface area contributed by atoms with Crippen molar-refractivity contribution in [3.8, 4) is 17.6 Å². The van der Waals surface area contributed by atoms with Crippen LogP contribution in [0.4, 0.5) is 4.79 Å². The van der Waals surface area contributed by atoms with Gasteiger partial charge < -0.3 is 15.0 Å². The molecule has 10 heteroatoms. The zero-order valence-corrected chi connectivity index (χ0v) is 17.3. The molecule has 0 saturated carbocycles. The molecule has 1 fully saturated rings. The van der Waals surface area contributed by atoms with Crippen molar-refractivity contribution in [2.45, 2.75) is 12.1 Å². The van der Waals surface area contributed by atoms with Crippen LogP contribution in [0.15, 0.2) is 36.4 Å². The molecule has 1 saturated heterocycles. The highest BCUT2D eigenvalue weighted by atomic mass is 16.5. The maximum absolute atomic E-state index is 13.0. The second-order valence-corrected chi connectivity index (χ2v) is 7.63. The number of hydrogen-bond acceptors (Lipinski definition) is 6. The summed E-state index contributed by atoms with van der Waals surface area (Å²) in [6.45, 7) is 0.193. The smallest absolute Gasteiger partial charge is 0.323 e. The van der Waals surface area contributed by atoms with E-state index in [9.17, 15) is 14.4 Å². The van der Waals surface area contributed by atoms with E-state index >= 15 is 0 Å². The first-order chi connectivity index (χ1) is 15.4. The molecule has 2 N–H and O–H groups in total. The summed E-state index contributed by atoms with van der Waals surface area (Å²) in [5.41, 5.74) is 1.69. The first-order valence-corrected chi connectivity index (χ1v) is 9.81. The number of aromatic nitrogens is 3. The molecule has 2 aliphatic heterocycles. The standard InChI is InChI=1S/C22H18N6O4/c1-27-18-13(4-3-5-17(18)25-26-27)8-9-22(20(30)23-21(31)24-22)12-28-11-14-6-7-15(32-2)10-16(14)19(28)29/h3-7,10H,11-12H2,1-2H3,(H2,23,24,30,31)/t22-/m1/s1. The van der Waals surface area contributed by atoms with Crippen LogP contribution in [0.2, 0.25) is 0 Å². The van der Waals surface area contributed by atoms with Gasteiger partial charge in [-0.3, -0.25) is 14.9 Å². The van der Waals surface area contributed by atoms with E-state index in [-0.39, 0.29) is 12.5 Å². The molecule has 2 aliphatic rings. The van der Waals surface area contributed by atoms with Crippen molar-refractivity contribution in [2.24, 2.45) is 7.05 Å². The van der Waals surface area contributed by atoms with Crippen molar-refractivity contribution in [3.05, 3.63) is 53.1 Å². The minimum Gasteiger partial charge on any atom is -0.497 e. The van der Waals surface area contributed by atoms with Gasteiger partial charge in [0.1, 0.15) is 16.8 Å². The van der Waals surface area contributed by atoms with Gasteiger partial charge in [-0.05, 0) is 29.8 Å². The number of rotatable bonds is 3. The van der Waals surface area contributed by atoms with E-state index in [4.69, 9.17) is 4.74 Å². The minimum atomic E-state index is -1.59. The molecule has 0 radical (unpaired) electrons. The number of methoxy groups -OCH3 is 1. The number of benzene rings is 2. The Balaban J connectivity index is 1.52. The van der Waals surface area contributed by atoms with Gasteiger partial charge in [0, 0.05) is 19.2 Å². The van der Waals surface area contributed by atoms with Crippen LogP contribution in [-0.2, 0) is 18.4 Å². The molecule has 0 unspecified atom stereocenters. The fraction of sp³-hybridized carbons (Fsp3) is 0.227. The van der Waals surface area contributed by atoms with Gasteiger partial charge in [0.2, 0.25) is 5.54 Å². The predicted octanol–water partition coefficient (Wildman–Crippen LogP) is 0.563. The Hall–Kier alpha value is -4.39. The zero-order chi connectivity index (χ0) is 22.5. The maximum Gasteiger partial charge on any atom is 0.323 e. The van der Waals surface area contributed by atoms with Crippen molar-refractivity contribution in [1.82, 2.24) is 30.5 Å². The van der Waals surface area contributed by atoms with Crippen LogP contribution in [0.25, 0.3) is 11.0 Å². The lowest BCUT2D eigenvalue weighted by Gasteiger charge is -2.26. The molecule has 1 aromatic heterocycles. The Bertz CT molecular complexity index is 1370. The number of hydrogen-bond donors (Lipinski definition) is 2. The molecular weight excluding hydrogens is 412 g/mol. The van der Waals surface area contributed by atoms with Crippen LogP contribution in [0.5, 0.6) is 5.75 Å². The average molecular weight is 430 g/mol. The topological polar surface area (TPSA) is 118 Å². The van der Waals surface area contributed by atoms with E-state index in [1.165, 1.54) is 12.0 Å². The van der Waals surface area contributed by atoms with Crippen LogP contribution in [0.3, 0.4) is 0 Å². The lowest BCUT2D eigenvalue weighted by molar-refractivity contribution is -0.122. The van der Waals surface area contributed by atoms with Crippen molar-refractivity contribution in [1.29, 1.82) is 0 Å². The summed E-state index contributed by atoms with van der Waals surface area (Å²) in [5, 5.41) is 12.9. The fourth-order valence-electron chi connectivity index (χ4n) is 4.00. The van der Waals surface area contributed by atoms with E-state index in [0.29, 0.717) is 34.5 Å². The number of carbonyl (C=O) groups is 3. The molecule has 0 bridgehead atoms. The highest BCUT2D eigenvalue weighted by Crippen LogP contribution is 2.28. The number of aryl methyl sites for hydroxylation is 1. The van der Waals surface area contributed by atoms with Crippen molar-refractivity contribution in [2.75, 3.05) is 13.7 Å². The number of amides is 4. The van der Waals surface area contributed by atoms with Crippen LogP contribution in [0, 0.1) is 11.8 Å².